The van der Waals surface area contributed by atoms with E-state index in [0.717, 1.165) is 11.3 Å². The molecule has 0 radical (unpaired) electrons. The molecule has 1 aromatic rings. The van der Waals surface area contributed by atoms with Crippen LogP contribution in [0.2, 0.25) is 0 Å². The quantitative estimate of drug-likeness (QED) is 0.734. The van der Waals surface area contributed by atoms with E-state index in [9.17, 15) is 15.0 Å². The number of hydrogen-bond acceptors (Lipinski definition) is 4. The van der Waals surface area contributed by atoms with Crippen LogP contribution in [0.25, 0.3) is 0 Å². The second kappa shape index (κ2) is 6.31. The third-order valence-electron chi connectivity index (χ3n) is 3.29. The molecule has 0 bridgehead atoms. The summed E-state index contributed by atoms with van der Waals surface area (Å²) in [4.78, 5) is 13.9. The first-order valence-electron chi connectivity index (χ1n) is 6.15. The van der Waals surface area contributed by atoms with Gasteiger partial charge in [0.25, 0.3) is 5.91 Å². The summed E-state index contributed by atoms with van der Waals surface area (Å²) in [5.41, 5.74) is 0.238. The van der Waals surface area contributed by atoms with E-state index >= 15 is 0 Å². The van der Waals surface area contributed by atoms with Crippen LogP contribution in [0.15, 0.2) is 6.07 Å². The van der Waals surface area contributed by atoms with Crippen LogP contribution >= 0.6 is 11.3 Å². The first-order valence-corrected chi connectivity index (χ1v) is 6.97. The average molecular weight is 271 g/mol. The molecule has 5 heteroatoms. The summed E-state index contributed by atoms with van der Waals surface area (Å²) in [5, 5.41) is 21.3. The van der Waals surface area contributed by atoms with Crippen LogP contribution in [0.3, 0.4) is 0 Å². The van der Waals surface area contributed by atoms with Crippen LogP contribution in [0.5, 0.6) is 0 Å². The number of aryl methyl sites for hydroxylation is 2. The van der Waals surface area contributed by atoms with Crippen molar-refractivity contribution >= 4 is 17.2 Å². The Labute approximate surface area is 112 Å². The Kier molecular flexibility index (Phi) is 5.31. The molecule has 102 valence electrons. The van der Waals surface area contributed by atoms with Gasteiger partial charge in [-0.2, -0.15) is 0 Å². The van der Waals surface area contributed by atoms with Crippen molar-refractivity contribution in [2.24, 2.45) is 0 Å². The summed E-state index contributed by atoms with van der Waals surface area (Å²) in [6, 6.07) is 1.88. The fourth-order valence-corrected chi connectivity index (χ4v) is 2.74. The number of aliphatic hydroxyl groups is 2. The average Bonchev–Trinajstić information content (AvgIpc) is 2.77. The van der Waals surface area contributed by atoms with Crippen molar-refractivity contribution in [3.8, 4) is 0 Å². The second-order valence-electron chi connectivity index (χ2n) is 4.45. The van der Waals surface area contributed by atoms with Crippen molar-refractivity contribution in [1.29, 1.82) is 0 Å². The lowest BCUT2D eigenvalue weighted by Crippen LogP contribution is -2.53. The first kappa shape index (κ1) is 15.1. The highest BCUT2D eigenvalue weighted by Gasteiger charge is 2.29. The minimum absolute atomic E-state index is 0.229. The maximum atomic E-state index is 12.1. The van der Waals surface area contributed by atoms with E-state index in [1.165, 1.54) is 16.9 Å². The minimum Gasteiger partial charge on any atom is -0.394 e. The number of rotatable bonds is 6. The van der Waals surface area contributed by atoms with E-state index in [2.05, 4.69) is 12.2 Å². The van der Waals surface area contributed by atoms with Crippen LogP contribution in [-0.4, -0.2) is 34.9 Å². The van der Waals surface area contributed by atoms with E-state index < -0.39 is 5.54 Å². The van der Waals surface area contributed by atoms with E-state index in [1.54, 1.807) is 0 Å². The van der Waals surface area contributed by atoms with Gasteiger partial charge in [0.05, 0.1) is 23.6 Å². The van der Waals surface area contributed by atoms with Gasteiger partial charge in [0.15, 0.2) is 0 Å². The van der Waals surface area contributed by atoms with E-state index in [4.69, 9.17) is 0 Å². The third-order valence-corrected chi connectivity index (χ3v) is 4.38. The first-order chi connectivity index (χ1) is 8.51. The Morgan fingerprint density at radius 1 is 1.39 bits per heavy atom. The molecule has 0 saturated heterocycles. The van der Waals surface area contributed by atoms with Gasteiger partial charge >= 0.3 is 0 Å². The number of nitrogens with one attached hydrogen (secondary N) is 1. The molecule has 4 nitrogen and oxygen atoms in total. The predicted molar refractivity (Wildman–Crippen MR) is 73.1 cm³/mol. The summed E-state index contributed by atoms with van der Waals surface area (Å²) >= 11 is 1.44. The molecular weight excluding hydrogens is 250 g/mol. The molecule has 0 aliphatic heterocycles. The molecule has 18 heavy (non-hydrogen) atoms. The Hall–Kier alpha value is -0.910. The molecule has 1 aromatic heterocycles. The van der Waals surface area contributed by atoms with Crippen molar-refractivity contribution in [1.82, 2.24) is 5.32 Å². The van der Waals surface area contributed by atoms with Gasteiger partial charge in [0.2, 0.25) is 0 Å². The SMILES string of the molecule is CCc1cc(C(=O)NC(CC)(CO)CO)sc1C. The molecular formula is C13H21NO3S. The summed E-state index contributed by atoms with van der Waals surface area (Å²) in [5.74, 6) is -0.229. The van der Waals surface area contributed by atoms with Gasteiger partial charge in [-0.25, -0.2) is 0 Å². The maximum Gasteiger partial charge on any atom is 0.261 e. The molecule has 0 unspecified atom stereocenters. The van der Waals surface area contributed by atoms with Crippen LogP contribution in [0, 0.1) is 6.92 Å². The highest BCUT2D eigenvalue weighted by atomic mass is 32.1. The number of amides is 1. The maximum absolute atomic E-state index is 12.1. The van der Waals surface area contributed by atoms with Crippen LogP contribution in [0.1, 0.15) is 40.4 Å². The molecule has 0 spiro atoms. The lowest BCUT2D eigenvalue weighted by Gasteiger charge is -2.29. The molecule has 0 atom stereocenters. The molecule has 3 N–H and O–H groups in total. The van der Waals surface area contributed by atoms with Gasteiger partial charge in [-0.05, 0) is 31.4 Å². The van der Waals surface area contributed by atoms with E-state index in [0.29, 0.717) is 11.3 Å². The van der Waals surface area contributed by atoms with Gasteiger partial charge in [-0.3, -0.25) is 4.79 Å². The smallest absolute Gasteiger partial charge is 0.261 e. The van der Waals surface area contributed by atoms with Gasteiger partial charge in [-0.15, -0.1) is 11.3 Å². The zero-order valence-electron chi connectivity index (χ0n) is 11.1. The standard InChI is InChI=1S/C13H21NO3S/c1-4-10-6-11(18-9(10)3)12(17)14-13(5-2,7-15)8-16/h6,15-16H,4-5,7-8H2,1-3H3,(H,14,17). The summed E-state index contributed by atoms with van der Waals surface area (Å²) in [7, 11) is 0. The molecule has 0 aromatic carbocycles. The topological polar surface area (TPSA) is 69.6 Å². The monoisotopic (exact) mass is 271 g/mol. The lowest BCUT2D eigenvalue weighted by atomic mass is 9.98. The number of aliphatic hydroxyl groups excluding tert-OH is 2. The number of carbonyl (C=O) groups is 1. The van der Waals surface area contributed by atoms with Crippen molar-refractivity contribution < 1.29 is 15.0 Å². The van der Waals surface area contributed by atoms with Gasteiger partial charge in [0.1, 0.15) is 0 Å². The van der Waals surface area contributed by atoms with Crippen molar-refractivity contribution in [3.63, 3.8) is 0 Å². The Morgan fingerprint density at radius 2 is 2.00 bits per heavy atom. The molecule has 0 aliphatic rings. The Balaban J connectivity index is 2.87. The fourth-order valence-electron chi connectivity index (χ4n) is 1.73. The summed E-state index contributed by atoms with van der Waals surface area (Å²) in [6.07, 6.45) is 1.38. The number of hydrogen-bond donors (Lipinski definition) is 3. The van der Waals surface area contributed by atoms with E-state index in [1.807, 2.05) is 19.9 Å². The number of thiophene rings is 1. The zero-order chi connectivity index (χ0) is 13.8. The van der Waals surface area contributed by atoms with Crippen molar-refractivity contribution in [2.45, 2.75) is 39.2 Å². The molecule has 1 rings (SSSR count). The molecule has 0 saturated carbocycles. The molecule has 1 heterocycles. The fraction of sp³-hybridized carbons (Fsp3) is 0.615. The van der Waals surface area contributed by atoms with Crippen LogP contribution in [0.4, 0.5) is 0 Å². The number of carbonyl (C=O) groups excluding carboxylic acids is 1. The minimum atomic E-state index is -0.929. The van der Waals surface area contributed by atoms with Gasteiger partial charge in [-0.1, -0.05) is 13.8 Å². The lowest BCUT2D eigenvalue weighted by molar-refractivity contribution is 0.0656. The van der Waals surface area contributed by atoms with Crippen molar-refractivity contribution in [3.05, 3.63) is 21.4 Å². The van der Waals surface area contributed by atoms with Crippen molar-refractivity contribution in [2.75, 3.05) is 13.2 Å². The largest absolute Gasteiger partial charge is 0.394 e. The van der Waals surface area contributed by atoms with E-state index in [-0.39, 0.29) is 19.1 Å². The second-order valence-corrected chi connectivity index (χ2v) is 5.71. The summed E-state index contributed by atoms with van der Waals surface area (Å²) in [6.45, 7) is 5.33. The van der Waals surface area contributed by atoms with Gasteiger partial charge < -0.3 is 15.5 Å². The third kappa shape index (κ3) is 3.10. The molecule has 0 aliphatic carbocycles. The normalized spacial score (nSPS) is 11.6. The van der Waals surface area contributed by atoms with Crippen LogP contribution < -0.4 is 5.32 Å². The van der Waals surface area contributed by atoms with Crippen LogP contribution in [-0.2, 0) is 6.42 Å². The Morgan fingerprint density at radius 3 is 2.39 bits per heavy atom. The zero-order valence-corrected chi connectivity index (χ0v) is 11.9. The highest BCUT2D eigenvalue weighted by molar-refractivity contribution is 7.14. The predicted octanol–water partition coefficient (Wildman–Crippen LogP) is 1.48. The van der Waals surface area contributed by atoms with Gasteiger partial charge in [0, 0.05) is 4.88 Å². The highest BCUT2D eigenvalue weighted by Crippen LogP contribution is 2.22. The summed E-state index contributed by atoms with van der Waals surface area (Å²) < 4.78 is 0. The Bertz CT molecular complexity index is 402. The molecule has 1 amide bonds. The molecule has 0 fully saturated rings.